The fourth-order valence-corrected chi connectivity index (χ4v) is 4.41. The SMILES string of the molecule is Cc1ccc(C#Cc2cc(-c3cccs3)ccc2C(=O)Nc2ccccc2C2=NCCO2)cc1. The van der Waals surface area contributed by atoms with Gasteiger partial charge in [-0.1, -0.05) is 53.8 Å². The van der Waals surface area contributed by atoms with E-state index in [0.29, 0.717) is 35.9 Å². The van der Waals surface area contributed by atoms with Crippen molar-refractivity contribution in [1.82, 2.24) is 0 Å². The minimum atomic E-state index is -0.225. The molecule has 0 spiro atoms. The van der Waals surface area contributed by atoms with Crippen molar-refractivity contribution < 1.29 is 9.53 Å². The molecule has 1 N–H and O–H groups in total. The largest absolute Gasteiger partial charge is 0.475 e. The van der Waals surface area contributed by atoms with Crippen LogP contribution in [-0.4, -0.2) is 25.0 Å². The van der Waals surface area contributed by atoms with E-state index in [2.05, 4.69) is 28.2 Å². The third kappa shape index (κ3) is 4.78. The quantitative estimate of drug-likeness (QED) is 0.370. The number of thiophene rings is 1. The number of carbonyl (C=O) groups excluding carboxylic acids is 1. The lowest BCUT2D eigenvalue weighted by Gasteiger charge is -2.12. The maximum atomic E-state index is 13.4. The molecule has 5 rings (SSSR count). The van der Waals surface area contributed by atoms with Gasteiger partial charge in [-0.05, 0) is 60.3 Å². The minimum absolute atomic E-state index is 0.225. The summed E-state index contributed by atoms with van der Waals surface area (Å²) in [7, 11) is 0. The van der Waals surface area contributed by atoms with Crippen molar-refractivity contribution in [3.05, 3.63) is 112 Å². The van der Waals surface area contributed by atoms with Crippen LogP contribution in [0.15, 0.2) is 89.2 Å². The van der Waals surface area contributed by atoms with Crippen molar-refractivity contribution in [2.24, 2.45) is 4.99 Å². The van der Waals surface area contributed by atoms with Gasteiger partial charge in [0.1, 0.15) is 6.61 Å². The van der Waals surface area contributed by atoms with Gasteiger partial charge in [0.15, 0.2) is 0 Å². The number of rotatable bonds is 4. The Morgan fingerprint density at radius 2 is 1.85 bits per heavy atom. The van der Waals surface area contributed by atoms with Crippen molar-refractivity contribution in [3.63, 3.8) is 0 Å². The Hall–Kier alpha value is -4.14. The Labute approximate surface area is 203 Å². The van der Waals surface area contributed by atoms with Crippen molar-refractivity contribution in [2.45, 2.75) is 6.92 Å². The van der Waals surface area contributed by atoms with E-state index in [4.69, 9.17) is 4.74 Å². The number of anilines is 1. The number of para-hydroxylation sites is 1. The number of aliphatic imine (C=N–C) groups is 1. The summed E-state index contributed by atoms with van der Waals surface area (Å²) in [5, 5.41) is 5.08. The molecule has 2 heterocycles. The first-order chi connectivity index (χ1) is 16.7. The molecular weight excluding hydrogens is 440 g/mol. The summed E-state index contributed by atoms with van der Waals surface area (Å²) < 4.78 is 5.62. The second-order valence-corrected chi connectivity index (χ2v) is 8.84. The van der Waals surface area contributed by atoms with Crippen LogP contribution in [0.4, 0.5) is 5.69 Å². The Morgan fingerprint density at radius 3 is 2.62 bits per heavy atom. The second kappa shape index (κ2) is 9.78. The number of aryl methyl sites for hydroxylation is 1. The molecular formula is C29H22N2O2S. The third-order valence-corrected chi connectivity index (χ3v) is 6.37. The van der Waals surface area contributed by atoms with Crippen LogP contribution in [-0.2, 0) is 4.74 Å². The predicted molar refractivity (Wildman–Crippen MR) is 139 cm³/mol. The van der Waals surface area contributed by atoms with E-state index in [1.807, 2.05) is 85.1 Å². The van der Waals surface area contributed by atoms with Gasteiger partial charge >= 0.3 is 0 Å². The Kier molecular flexibility index (Phi) is 6.24. The molecule has 0 fully saturated rings. The molecule has 3 aromatic carbocycles. The molecule has 0 bridgehead atoms. The molecule has 0 unspecified atom stereocenters. The van der Waals surface area contributed by atoms with Crippen LogP contribution in [0.2, 0.25) is 0 Å². The summed E-state index contributed by atoms with van der Waals surface area (Å²) in [5.41, 5.74) is 5.75. The van der Waals surface area contributed by atoms with Crippen LogP contribution in [0.5, 0.6) is 0 Å². The second-order valence-electron chi connectivity index (χ2n) is 7.89. The van der Waals surface area contributed by atoms with E-state index in [-0.39, 0.29) is 5.91 Å². The Morgan fingerprint density at radius 1 is 1.00 bits per heavy atom. The fourth-order valence-electron chi connectivity index (χ4n) is 3.68. The van der Waals surface area contributed by atoms with Crippen LogP contribution in [0.25, 0.3) is 10.4 Å². The topological polar surface area (TPSA) is 50.7 Å². The highest BCUT2D eigenvalue weighted by Crippen LogP contribution is 2.27. The molecule has 4 aromatic rings. The first-order valence-electron chi connectivity index (χ1n) is 11.0. The van der Waals surface area contributed by atoms with Gasteiger partial charge in [0.05, 0.1) is 23.4 Å². The lowest BCUT2D eigenvalue weighted by Crippen LogP contribution is -2.16. The van der Waals surface area contributed by atoms with Gasteiger partial charge in [-0.3, -0.25) is 4.79 Å². The van der Waals surface area contributed by atoms with Crippen molar-refractivity contribution in [1.29, 1.82) is 0 Å². The number of nitrogens with zero attached hydrogens (tertiary/aromatic N) is 1. The van der Waals surface area contributed by atoms with E-state index in [1.54, 1.807) is 11.3 Å². The zero-order valence-corrected chi connectivity index (χ0v) is 19.5. The maximum absolute atomic E-state index is 13.4. The Bertz CT molecular complexity index is 1430. The third-order valence-electron chi connectivity index (χ3n) is 5.45. The molecule has 1 aliphatic heterocycles. The summed E-state index contributed by atoms with van der Waals surface area (Å²) in [5.74, 6) is 6.78. The summed E-state index contributed by atoms with van der Waals surface area (Å²) >= 11 is 1.66. The summed E-state index contributed by atoms with van der Waals surface area (Å²) in [6.45, 7) is 3.23. The van der Waals surface area contributed by atoms with Gasteiger partial charge in [-0.2, -0.15) is 0 Å². The average molecular weight is 463 g/mol. The number of amides is 1. The van der Waals surface area contributed by atoms with Crippen LogP contribution >= 0.6 is 11.3 Å². The molecule has 0 aliphatic carbocycles. The number of hydrogen-bond acceptors (Lipinski definition) is 4. The summed E-state index contributed by atoms with van der Waals surface area (Å²) in [6.07, 6.45) is 0. The molecule has 0 atom stereocenters. The highest BCUT2D eigenvalue weighted by atomic mass is 32.1. The summed E-state index contributed by atoms with van der Waals surface area (Å²) in [4.78, 5) is 18.9. The fraction of sp³-hybridized carbons (Fsp3) is 0.103. The Balaban J connectivity index is 1.51. The lowest BCUT2D eigenvalue weighted by molar-refractivity contribution is 0.102. The standard InChI is InChI=1S/C29H22N2O2S/c1-20-8-10-21(11-9-20)12-13-22-19-23(27-7-4-18-34-27)14-15-24(22)28(32)31-26-6-3-2-5-25(26)29-30-16-17-33-29/h2-11,14-15,18-19H,16-17H2,1H3,(H,31,32). The van der Waals surface area contributed by atoms with Crippen LogP contribution in [0.3, 0.4) is 0 Å². The van der Waals surface area contributed by atoms with E-state index in [0.717, 1.165) is 21.6 Å². The van der Waals surface area contributed by atoms with Gasteiger partial charge in [0.2, 0.25) is 5.90 Å². The van der Waals surface area contributed by atoms with Gasteiger partial charge in [0, 0.05) is 16.0 Å². The van der Waals surface area contributed by atoms with E-state index >= 15 is 0 Å². The van der Waals surface area contributed by atoms with Crippen LogP contribution in [0, 0.1) is 18.8 Å². The van der Waals surface area contributed by atoms with Crippen molar-refractivity contribution in [3.8, 4) is 22.3 Å². The minimum Gasteiger partial charge on any atom is -0.475 e. The smallest absolute Gasteiger partial charge is 0.256 e. The molecule has 4 nitrogen and oxygen atoms in total. The number of nitrogens with one attached hydrogen (secondary N) is 1. The number of hydrogen-bond donors (Lipinski definition) is 1. The highest BCUT2D eigenvalue weighted by Gasteiger charge is 2.18. The van der Waals surface area contributed by atoms with Crippen molar-refractivity contribution >= 4 is 28.8 Å². The molecule has 166 valence electrons. The first-order valence-corrected chi connectivity index (χ1v) is 11.9. The number of carbonyl (C=O) groups is 1. The summed E-state index contributed by atoms with van der Waals surface area (Å²) in [6, 6.07) is 25.5. The monoisotopic (exact) mass is 462 g/mol. The first kappa shape index (κ1) is 21.7. The van der Waals surface area contributed by atoms with Gasteiger partial charge < -0.3 is 10.1 Å². The number of ether oxygens (including phenoxy) is 1. The van der Waals surface area contributed by atoms with Crippen LogP contribution < -0.4 is 5.32 Å². The molecule has 34 heavy (non-hydrogen) atoms. The zero-order chi connectivity index (χ0) is 23.3. The molecule has 0 saturated carbocycles. The number of benzene rings is 3. The zero-order valence-electron chi connectivity index (χ0n) is 18.7. The van der Waals surface area contributed by atoms with E-state index < -0.39 is 0 Å². The molecule has 1 aromatic heterocycles. The lowest BCUT2D eigenvalue weighted by atomic mass is 10.0. The van der Waals surface area contributed by atoms with Gasteiger partial charge in [-0.15, -0.1) is 11.3 Å². The molecule has 1 aliphatic rings. The normalized spacial score (nSPS) is 12.3. The predicted octanol–water partition coefficient (Wildman–Crippen LogP) is 6.15. The van der Waals surface area contributed by atoms with Gasteiger partial charge in [0.25, 0.3) is 5.91 Å². The molecule has 5 heteroatoms. The average Bonchev–Trinajstić information content (AvgIpc) is 3.59. The maximum Gasteiger partial charge on any atom is 0.256 e. The van der Waals surface area contributed by atoms with Crippen molar-refractivity contribution in [2.75, 3.05) is 18.5 Å². The van der Waals surface area contributed by atoms with Crippen LogP contribution in [0.1, 0.15) is 32.6 Å². The van der Waals surface area contributed by atoms with E-state index in [9.17, 15) is 4.79 Å². The van der Waals surface area contributed by atoms with E-state index in [1.165, 1.54) is 5.56 Å². The highest BCUT2D eigenvalue weighted by molar-refractivity contribution is 7.13. The molecule has 0 radical (unpaired) electrons. The molecule has 0 saturated heterocycles. The van der Waals surface area contributed by atoms with Gasteiger partial charge in [-0.25, -0.2) is 4.99 Å². The molecule has 1 amide bonds.